The average Bonchev–Trinajstić information content (AvgIpc) is 2.90. The van der Waals surface area contributed by atoms with Gasteiger partial charge in [-0.25, -0.2) is 4.68 Å². The van der Waals surface area contributed by atoms with Crippen LogP contribution in [-0.2, 0) is 11.3 Å². The van der Waals surface area contributed by atoms with E-state index in [1.54, 1.807) is 42.1 Å². The van der Waals surface area contributed by atoms with E-state index < -0.39 is 11.3 Å². The van der Waals surface area contributed by atoms with Crippen molar-refractivity contribution in [3.8, 4) is 11.4 Å². The maximum absolute atomic E-state index is 10.6. The van der Waals surface area contributed by atoms with E-state index in [9.17, 15) is 8.76 Å². The van der Waals surface area contributed by atoms with Crippen LogP contribution in [0.15, 0.2) is 42.5 Å². The SMILES string of the molecule is COc1ccc2c(c1)nnn2-c1ccc(NS(=O)[O-])cc1.Cl. The number of benzene rings is 2. The molecular weight excluding hydrogens is 328 g/mol. The molecule has 22 heavy (non-hydrogen) atoms. The number of ether oxygens (including phenoxy) is 1. The number of hydrogen-bond donors (Lipinski definition) is 1. The van der Waals surface area contributed by atoms with Crippen LogP contribution in [0.4, 0.5) is 5.69 Å². The zero-order chi connectivity index (χ0) is 14.8. The van der Waals surface area contributed by atoms with Crippen LogP contribution in [0.3, 0.4) is 0 Å². The fourth-order valence-electron chi connectivity index (χ4n) is 1.99. The lowest BCUT2D eigenvalue weighted by Crippen LogP contribution is -2.02. The largest absolute Gasteiger partial charge is 0.755 e. The molecule has 3 rings (SSSR count). The highest BCUT2D eigenvalue weighted by Crippen LogP contribution is 2.22. The van der Waals surface area contributed by atoms with E-state index in [0.717, 1.165) is 16.7 Å². The predicted molar refractivity (Wildman–Crippen MR) is 85.2 cm³/mol. The molecule has 1 aromatic heterocycles. The van der Waals surface area contributed by atoms with Gasteiger partial charge in [0, 0.05) is 23.0 Å². The van der Waals surface area contributed by atoms with Gasteiger partial charge in [-0.1, -0.05) is 5.21 Å². The predicted octanol–water partition coefficient (Wildman–Crippen LogP) is 2.06. The summed E-state index contributed by atoms with van der Waals surface area (Å²) >= 11 is -2.33. The van der Waals surface area contributed by atoms with Gasteiger partial charge in [0.25, 0.3) is 0 Å². The van der Waals surface area contributed by atoms with E-state index in [1.165, 1.54) is 0 Å². The van der Waals surface area contributed by atoms with Crippen LogP contribution in [0.2, 0.25) is 0 Å². The summed E-state index contributed by atoms with van der Waals surface area (Å²) in [6, 6.07) is 12.3. The van der Waals surface area contributed by atoms with Crippen LogP contribution in [0.1, 0.15) is 0 Å². The van der Waals surface area contributed by atoms with E-state index >= 15 is 0 Å². The third-order valence-corrected chi connectivity index (χ3v) is 3.37. The Hall–Kier alpha value is -2.16. The fraction of sp³-hybridized carbons (Fsp3) is 0.0769. The lowest BCUT2D eigenvalue weighted by Gasteiger charge is -2.09. The highest BCUT2D eigenvalue weighted by Gasteiger charge is 2.07. The molecule has 0 radical (unpaired) electrons. The number of fused-ring (bicyclic) bond motifs is 1. The van der Waals surface area contributed by atoms with Crippen LogP contribution >= 0.6 is 12.4 Å². The summed E-state index contributed by atoms with van der Waals surface area (Å²) in [5.41, 5.74) is 2.82. The molecule has 0 aliphatic rings. The van der Waals surface area contributed by atoms with Gasteiger partial charge < -0.3 is 14.0 Å². The minimum absolute atomic E-state index is 0. The minimum Gasteiger partial charge on any atom is -0.755 e. The van der Waals surface area contributed by atoms with Gasteiger partial charge in [0.2, 0.25) is 0 Å². The molecule has 2 aromatic carbocycles. The normalized spacial score (nSPS) is 11.7. The van der Waals surface area contributed by atoms with Crippen molar-refractivity contribution >= 4 is 40.4 Å². The number of methoxy groups -OCH3 is 1. The minimum atomic E-state index is -2.33. The molecule has 0 spiro atoms. The Bertz CT molecular complexity index is 807. The molecule has 1 unspecified atom stereocenters. The maximum Gasteiger partial charge on any atom is 0.121 e. The molecule has 1 heterocycles. The summed E-state index contributed by atoms with van der Waals surface area (Å²) in [7, 11) is 1.59. The Morgan fingerprint density at radius 2 is 1.95 bits per heavy atom. The number of halogens is 1. The number of hydrogen-bond acceptors (Lipinski definition) is 5. The Balaban J connectivity index is 0.00000176. The Morgan fingerprint density at radius 1 is 1.23 bits per heavy atom. The van der Waals surface area contributed by atoms with E-state index in [0.29, 0.717) is 11.4 Å². The molecule has 0 amide bonds. The Morgan fingerprint density at radius 3 is 2.59 bits per heavy atom. The van der Waals surface area contributed by atoms with Crippen molar-refractivity contribution in [1.82, 2.24) is 15.0 Å². The van der Waals surface area contributed by atoms with Gasteiger partial charge in [-0.2, -0.15) is 0 Å². The molecule has 0 fully saturated rings. The fourth-order valence-corrected chi connectivity index (χ4v) is 2.32. The van der Waals surface area contributed by atoms with Crippen molar-refractivity contribution in [2.45, 2.75) is 0 Å². The highest BCUT2D eigenvalue weighted by molar-refractivity contribution is 7.80. The van der Waals surface area contributed by atoms with Crippen molar-refractivity contribution in [2.75, 3.05) is 11.8 Å². The molecule has 0 aliphatic carbocycles. The van der Waals surface area contributed by atoms with Gasteiger partial charge in [0.1, 0.15) is 11.3 Å². The summed E-state index contributed by atoms with van der Waals surface area (Å²) in [5.74, 6) is 0.715. The highest BCUT2D eigenvalue weighted by atomic mass is 35.5. The van der Waals surface area contributed by atoms with Crippen molar-refractivity contribution in [3.05, 3.63) is 42.5 Å². The summed E-state index contributed by atoms with van der Waals surface area (Å²) in [6.07, 6.45) is 0. The standard InChI is InChI=1S/C13H12N4O3S.ClH/c1-20-11-6-7-13-12(8-11)14-16-17(13)10-4-2-9(3-5-10)15-21(18)19;/h2-8,15H,1H3,(H,18,19);1H/p-1. The second-order valence-electron chi connectivity index (χ2n) is 4.24. The van der Waals surface area contributed by atoms with Crippen LogP contribution in [0.25, 0.3) is 16.7 Å². The quantitative estimate of drug-likeness (QED) is 0.734. The van der Waals surface area contributed by atoms with E-state index in [2.05, 4.69) is 15.0 Å². The first-order valence-corrected chi connectivity index (χ1v) is 7.10. The molecule has 1 N–H and O–H groups in total. The van der Waals surface area contributed by atoms with Gasteiger partial charge in [-0.3, -0.25) is 4.21 Å². The average molecular weight is 340 g/mol. The summed E-state index contributed by atoms with van der Waals surface area (Å²) < 4.78 is 30.2. The lowest BCUT2D eigenvalue weighted by atomic mass is 10.2. The smallest absolute Gasteiger partial charge is 0.121 e. The Kier molecular flexibility index (Phi) is 4.96. The van der Waals surface area contributed by atoms with Crippen molar-refractivity contribution < 1.29 is 13.5 Å². The molecule has 0 saturated carbocycles. The van der Waals surface area contributed by atoms with Crippen LogP contribution in [0.5, 0.6) is 5.75 Å². The molecule has 0 aliphatic heterocycles. The van der Waals surface area contributed by atoms with Crippen molar-refractivity contribution in [1.29, 1.82) is 0 Å². The number of nitrogens with one attached hydrogen (secondary N) is 1. The summed E-state index contributed by atoms with van der Waals surface area (Å²) in [4.78, 5) is 0. The molecule has 7 nitrogen and oxygen atoms in total. The molecule has 3 aromatic rings. The Labute approximate surface area is 135 Å². The van der Waals surface area contributed by atoms with Gasteiger partial charge >= 0.3 is 0 Å². The molecule has 9 heteroatoms. The molecule has 1 atom stereocenters. The van der Waals surface area contributed by atoms with Crippen LogP contribution in [0, 0.1) is 0 Å². The zero-order valence-electron chi connectivity index (χ0n) is 11.4. The topological polar surface area (TPSA) is 92.1 Å². The number of nitrogens with zero attached hydrogens (tertiary/aromatic N) is 3. The zero-order valence-corrected chi connectivity index (χ0v) is 13.1. The molecular formula is C13H12ClN4O3S-. The third-order valence-electron chi connectivity index (χ3n) is 2.97. The van der Waals surface area contributed by atoms with E-state index in [1.807, 2.05) is 12.1 Å². The first kappa shape index (κ1) is 16.2. The second kappa shape index (κ2) is 6.73. The van der Waals surface area contributed by atoms with Crippen molar-refractivity contribution in [3.63, 3.8) is 0 Å². The maximum atomic E-state index is 10.6. The number of anilines is 1. The third kappa shape index (κ3) is 3.19. The van der Waals surface area contributed by atoms with E-state index in [4.69, 9.17) is 4.74 Å². The molecule has 116 valence electrons. The summed E-state index contributed by atoms with van der Waals surface area (Å²) in [6.45, 7) is 0. The summed E-state index contributed by atoms with van der Waals surface area (Å²) in [5, 5.41) is 8.19. The lowest BCUT2D eigenvalue weighted by molar-refractivity contribution is 0.415. The van der Waals surface area contributed by atoms with Crippen molar-refractivity contribution in [2.24, 2.45) is 0 Å². The van der Waals surface area contributed by atoms with E-state index in [-0.39, 0.29) is 12.4 Å². The van der Waals surface area contributed by atoms with Gasteiger partial charge in [0.15, 0.2) is 0 Å². The van der Waals surface area contributed by atoms with Crippen LogP contribution in [-0.4, -0.2) is 30.9 Å². The number of aromatic nitrogens is 3. The molecule has 0 saturated heterocycles. The van der Waals surface area contributed by atoms with Gasteiger partial charge in [0.05, 0.1) is 18.3 Å². The van der Waals surface area contributed by atoms with Gasteiger partial charge in [-0.15, -0.1) is 17.5 Å². The second-order valence-corrected chi connectivity index (χ2v) is 4.91. The first-order valence-electron chi connectivity index (χ1n) is 6.03. The molecule has 0 bridgehead atoms. The first-order chi connectivity index (χ1) is 10.2. The van der Waals surface area contributed by atoms with Crippen LogP contribution < -0.4 is 9.46 Å². The monoisotopic (exact) mass is 339 g/mol. The number of rotatable bonds is 4. The van der Waals surface area contributed by atoms with Gasteiger partial charge in [-0.05, 0) is 36.4 Å².